The fraction of sp³-hybridized carbons (Fsp3) is 0.562. The summed E-state index contributed by atoms with van der Waals surface area (Å²) in [6, 6.07) is 6.50. The van der Waals surface area contributed by atoms with Gasteiger partial charge in [0.2, 0.25) is 5.91 Å². The highest BCUT2D eigenvalue weighted by Gasteiger charge is 2.23. The molecule has 0 radical (unpaired) electrons. The van der Waals surface area contributed by atoms with Gasteiger partial charge in [-0.2, -0.15) is 8.78 Å². The Bertz CT molecular complexity index is 485. The first-order chi connectivity index (χ1) is 10.4. The van der Waals surface area contributed by atoms with Crippen LogP contribution in [0.15, 0.2) is 29.2 Å². The van der Waals surface area contributed by atoms with Gasteiger partial charge in [-0.3, -0.25) is 9.69 Å². The number of piperidine rings is 1. The van der Waals surface area contributed by atoms with Crippen molar-refractivity contribution in [1.82, 2.24) is 4.90 Å². The third kappa shape index (κ3) is 5.57. The lowest BCUT2D eigenvalue weighted by atomic mass is 9.92. The molecular weight excluding hydrogens is 306 g/mol. The van der Waals surface area contributed by atoms with Crippen LogP contribution in [0, 0.1) is 11.8 Å². The summed E-state index contributed by atoms with van der Waals surface area (Å²) in [5, 5.41) is 2.82. The molecule has 22 heavy (non-hydrogen) atoms. The fourth-order valence-corrected chi connectivity index (χ4v) is 3.54. The van der Waals surface area contributed by atoms with Crippen molar-refractivity contribution in [3.8, 4) is 0 Å². The minimum atomic E-state index is -2.43. The molecule has 1 N–H and O–H groups in total. The quantitative estimate of drug-likeness (QED) is 0.832. The highest BCUT2D eigenvalue weighted by molar-refractivity contribution is 7.99. The van der Waals surface area contributed by atoms with Crippen LogP contribution in [0.1, 0.15) is 20.3 Å². The van der Waals surface area contributed by atoms with E-state index in [2.05, 4.69) is 24.1 Å². The van der Waals surface area contributed by atoms with Crippen LogP contribution in [0.5, 0.6) is 0 Å². The number of nitrogens with one attached hydrogen (secondary N) is 1. The fourth-order valence-electron chi connectivity index (χ4n) is 3.04. The van der Waals surface area contributed by atoms with Crippen LogP contribution < -0.4 is 5.32 Å². The molecule has 0 aliphatic carbocycles. The molecule has 2 atom stereocenters. The first-order valence-corrected chi connectivity index (χ1v) is 8.37. The summed E-state index contributed by atoms with van der Waals surface area (Å²) in [4.78, 5) is 14.7. The summed E-state index contributed by atoms with van der Waals surface area (Å²) in [5.41, 5.74) is 0.640. The number of hydrogen-bond acceptors (Lipinski definition) is 3. The Hall–Kier alpha value is -1.14. The number of carbonyl (C=O) groups is 1. The zero-order valence-electron chi connectivity index (χ0n) is 12.9. The smallest absolute Gasteiger partial charge is 0.288 e. The lowest BCUT2D eigenvalue weighted by Crippen LogP contribution is -2.42. The Kier molecular flexibility index (Phi) is 6.20. The zero-order valence-corrected chi connectivity index (χ0v) is 13.7. The normalized spacial score (nSPS) is 22.8. The molecule has 1 aromatic rings. The number of anilines is 1. The topological polar surface area (TPSA) is 32.3 Å². The standard InChI is InChI=1S/C16H22F2N2OS/c1-11-7-12(2)9-20(8-11)10-15(21)19-13-3-5-14(6-4-13)22-16(17)18/h3-6,11-12,16H,7-10H2,1-2H3,(H,19,21)/t11-,12+. The highest BCUT2D eigenvalue weighted by Crippen LogP contribution is 2.26. The van der Waals surface area contributed by atoms with Gasteiger partial charge < -0.3 is 5.32 Å². The molecule has 122 valence electrons. The Morgan fingerprint density at radius 2 is 1.86 bits per heavy atom. The predicted octanol–water partition coefficient (Wildman–Crippen LogP) is 3.92. The molecular formula is C16H22F2N2OS. The third-order valence-corrected chi connectivity index (χ3v) is 4.40. The molecule has 1 amide bonds. The van der Waals surface area contributed by atoms with Crippen LogP contribution in [-0.4, -0.2) is 36.2 Å². The van der Waals surface area contributed by atoms with E-state index in [9.17, 15) is 13.6 Å². The molecule has 1 aliphatic rings. The molecule has 0 spiro atoms. The van der Waals surface area contributed by atoms with Crippen molar-refractivity contribution in [3.05, 3.63) is 24.3 Å². The van der Waals surface area contributed by atoms with E-state index in [-0.39, 0.29) is 5.91 Å². The van der Waals surface area contributed by atoms with Crippen molar-refractivity contribution >= 4 is 23.4 Å². The number of hydrogen-bond donors (Lipinski definition) is 1. The van der Waals surface area contributed by atoms with Crippen LogP contribution in [0.3, 0.4) is 0 Å². The SMILES string of the molecule is C[C@@H]1C[C@H](C)CN(CC(=O)Nc2ccc(SC(F)F)cc2)C1. The van der Waals surface area contributed by atoms with E-state index in [1.165, 1.54) is 6.42 Å². The first kappa shape index (κ1) is 17.2. The van der Waals surface area contributed by atoms with Gasteiger partial charge in [0, 0.05) is 23.7 Å². The minimum absolute atomic E-state index is 0.0597. The van der Waals surface area contributed by atoms with Gasteiger partial charge >= 0.3 is 0 Å². The number of rotatable bonds is 5. The lowest BCUT2D eigenvalue weighted by Gasteiger charge is -2.34. The average molecular weight is 328 g/mol. The van der Waals surface area contributed by atoms with E-state index in [1.54, 1.807) is 24.3 Å². The molecule has 0 saturated carbocycles. The second-order valence-corrected chi connectivity index (χ2v) is 7.15. The maximum atomic E-state index is 12.2. The summed E-state index contributed by atoms with van der Waals surface area (Å²) in [6.45, 7) is 6.69. The van der Waals surface area contributed by atoms with Crippen LogP contribution in [0.2, 0.25) is 0 Å². The number of nitrogens with zero attached hydrogens (tertiary/aromatic N) is 1. The van der Waals surface area contributed by atoms with Crippen molar-refractivity contribution in [3.63, 3.8) is 0 Å². The summed E-state index contributed by atoms with van der Waals surface area (Å²) >= 11 is 0.501. The molecule has 1 fully saturated rings. The first-order valence-electron chi connectivity index (χ1n) is 7.49. The number of thioether (sulfide) groups is 1. The summed E-state index contributed by atoms with van der Waals surface area (Å²) in [6.07, 6.45) is 1.21. The van der Waals surface area contributed by atoms with Crippen LogP contribution >= 0.6 is 11.8 Å². The zero-order chi connectivity index (χ0) is 16.1. The minimum Gasteiger partial charge on any atom is -0.325 e. The van der Waals surface area contributed by atoms with Crippen LogP contribution in [0.25, 0.3) is 0 Å². The third-order valence-electron chi connectivity index (χ3n) is 3.67. The van der Waals surface area contributed by atoms with Gasteiger partial charge in [0.25, 0.3) is 5.76 Å². The van der Waals surface area contributed by atoms with Gasteiger partial charge in [-0.25, -0.2) is 0 Å². The van der Waals surface area contributed by atoms with E-state index >= 15 is 0 Å². The molecule has 0 unspecified atom stereocenters. The van der Waals surface area contributed by atoms with Gasteiger partial charge in [0.1, 0.15) is 0 Å². The maximum absolute atomic E-state index is 12.2. The number of alkyl halides is 2. The second-order valence-electron chi connectivity index (χ2n) is 6.09. The van der Waals surface area contributed by atoms with E-state index in [0.717, 1.165) is 13.1 Å². The van der Waals surface area contributed by atoms with Crippen LogP contribution in [0.4, 0.5) is 14.5 Å². The summed E-state index contributed by atoms with van der Waals surface area (Å²) < 4.78 is 24.5. The molecule has 1 aliphatic heterocycles. The van der Waals surface area contributed by atoms with Crippen LogP contribution in [-0.2, 0) is 4.79 Å². The second kappa shape index (κ2) is 7.92. The van der Waals surface area contributed by atoms with Gasteiger partial charge in [-0.1, -0.05) is 25.6 Å². The largest absolute Gasteiger partial charge is 0.325 e. The van der Waals surface area contributed by atoms with E-state index in [0.29, 0.717) is 40.7 Å². The monoisotopic (exact) mass is 328 g/mol. The maximum Gasteiger partial charge on any atom is 0.288 e. The summed E-state index contributed by atoms with van der Waals surface area (Å²) in [5.74, 6) is -1.26. The number of carbonyl (C=O) groups excluding carboxylic acids is 1. The Morgan fingerprint density at radius 3 is 2.41 bits per heavy atom. The van der Waals surface area contributed by atoms with Gasteiger partial charge in [0.05, 0.1) is 6.54 Å². The van der Waals surface area contributed by atoms with E-state index in [4.69, 9.17) is 0 Å². The molecule has 3 nitrogen and oxygen atoms in total. The molecule has 0 bridgehead atoms. The Labute approximate surface area is 134 Å². The number of amides is 1. The number of benzene rings is 1. The Morgan fingerprint density at radius 1 is 1.27 bits per heavy atom. The van der Waals surface area contributed by atoms with Gasteiger partial charge in [0.15, 0.2) is 0 Å². The van der Waals surface area contributed by atoms with Gasteiger partial charge in [-0.05, 0) is 42.5 Å². The van der Waals surface area contributed by atoms with Crippen molar-refractivity contribution in [2.45, 2.75) is 30.9 Å². The Balaban J connectivity index is 1.84. The molecule has 0 aromatic heterocycles. The highest BCUT2D eigenvalue weighted by atomic mass is 32.2. The molecule has 1 heterocycles. The predicted molar refractivity (Wildman–Crippen MR) is 86.3 cm³/mol. The average Bonchev–Trinajstić information content (AvgIpc) is 2.39. The molecule has 1 aromatic carbocycles. The van der Waals surface area contributed by atoms with Crippen molar-refractivity contribution < 1.29 is 13.6 Å². The molecule has 2 rings (SSSR count). The van der Waals surface area contributed by atoms with Crippen molar-refractivity contribution in [1.29, 1.82) is 0 Å². The molecule has 1 saturated heterocycles. The summed E-state index contributed by atoms with van der Waals surface area (Å²) in [7, 11) is 0. The lowest BCUT2D eigenvalue weighted by molar-refractivity contribution is -0.117. The number of likely N-dealkylation sites (tertiary alicyclic amines) is 1. The van der Waals surface area contributed by atoms with E-state index < -0.39 is 5.76 Å². The number of halogens is 2. The molecule has 6 heteroatoms. The van der Waals surface area contributed by atoms with Crippen molar-refractivity contribution in [2.75, 3.05) is 25.0 Å². The van der Waals surface area contributed by atoms with Crippen molar-refractivity contribution in [2.24, 2.45) is 11.8 Å². The van der Waals surface area contributed by atoms with E-state index in [1.807, 2.05) is 0 Å². The van der Waals surface area contributed by atoms with Gasteiger partial charge in [-0.15, -0.1) is 0 Å².